The van der Waals surface area contributed by atoms with Crippen LogP contribution >= 0.6 is 11.6 Å². The molecule has 0 saturated carbocycles. The zero-order valence-electron chi connectivity index (χ0n) is 8.00. The molecule has 3 heteroatoms. The lowest BCUT2D eigenvalue weighted by Gasteiger charge is -2.14. The van der Waals surface area contributed by atoms with Gasteiger partial charge in [0.25, 0.3) is 0 Å². The predicted molar refractivity (Wildman–Crippen MR) is 55.6 cm³/mol. The van der Waals surface area contributed by atoms with Crippen LogP contribution in [0.4, 0.5) is 0 Å². The lowest BCUT2D eigenvalue weighted by molar-refractivity contribution is 0.509. The van der Waals surface area contributed by atoms with Crippen LogP contribution in [0.25, 0.3) is 0 Å². The number of nitrogens with zero attached hydrogens (tertiary/aromatic N) is 1. The molecule has 1 aromatic rings. The van der Waals surface area contributed by atoms with Crippen LogP contribution in [0, 0.1) is 5.92 Å². The van der Waals surface area contributed by atoms with Gasteiger partial charge in [-0.1, -0.05) is 31.5 Å². The molecule has 1 rings (SSSR count). The van der Waals surface area contributed by atoms with Crippen molar-refractivity contribution in [3.05, 3.63) is 29.0 Å². The molecular weight excluding hydrogens is 184 g/mol. The van der Waals surface area contributed by atoms with Crippen molar-refractivity contribution in [2.45, 2.75) is 26.3 Å². The van der Waals surface area contributed by atoms with Crippen LogP contribution < -0.4 is 5.73 Å². The van der Waals surface area contributed by atoms with Crippen LogP contribution in [0.2, 0.25) is 5.15 Å². The maximum atomic E-state index is 5.97. The quantitative estimate of drug-likeness (QED) is 0.759. The van der Waals surface area contributed by atoms with Crippen molar-refractivity contribution in [2.75, 3.05) is 0 Å². The highest BCUT2D eigenvalue weighted by Gasteiger charge is 2.11. The summed E-state index contributed by atoms with van der Waals surface area (Å²) in [5.74, 6) is 0.575. The zero-order chi connectivity index (χ0) is 9.84. The van der Waals surface area contributed by atoms with Gasteiger partial charge < -0.3 is 5.73 Å². The zero-order valence-corrected chi connectivity index (χ0v) is 8.75. The average Bonchev–Trinajstić information content (AvgIpc) is 2.03. The molecular formula is C10H15ClN2. The first kappa shape index (κ1) is 10.5. The number of hydrogen-bond acceptors (Lipinski definition) is 2. The Kier molecular flexibility index (Phi) is 3.70. The Labute approximate surface area is 84.1 Å². The van der Waals surface area contributed by atoms with E-state index in [9.17, 15) is 0 Å². The third-order valence-corrected chi connectivity index (χ3v) is 2.23. The number of halogens is 1. The summed E-state index contributed by atoms with van der Waals surface area (Å²) in [5, 5.41) is 0.524. The summed E-state index contributed by atoms with van der Waals surface area (Å²) in [6.45, 7) is 4.29. The minimum Gasteiger partial charge on any atom is -0.324 e. The highest BCUT2D eigenvalue weighted by atomic mass is 35.5. The summed E-state index contributed by atoms with van der Waals surface area (Å²) in [6, 6.07) is 3.80. The van der Waals surface area contributed by atoms with Crippen molar-refractivity contribution in [3.8, 4) is 0 Å². The number of rotatable bonds is 3. The van der Waals surface area contributed by atoms with Gasteiger partial charge in [-0.25, -0.2) is 4.98 Å². The van der Waals surface area contributed by atoms with Crippen LogP contribution in [-0.4, -0.2) is 4.98 Å². The summed E-state index contributed by atoms with van der Waals surface area (Å²) in [7, 11) is 0. The smallest absolute Gasteiger partial charge is 0.133 e. The minimum absolute atomic E-state index is 0.00111. The Hall–Kier alpha value is -0.600. The lowest BCUT2D eigenvalue weighted by Crippen LogP contribution is -2.13. The van der Waals surface area contributed by atoms with Crippen molar-refractivity contribution < 1.29 is 0 Å². The summed E-state index contributed by atoms with van der Waals surface area (Å²) in [6.07, 6.45) is 2.61. The molecule has 0 aliphatic heterocycles. The molecule has 72 valence electrons. The molecule has 2 N–H and O–H groups in total. The van der Waals surface area contributed by atoms with Gasteiger partial charge in [-0.2, -0.15) is 0 Å². The Morgan fingerprint density at radius 1 is 1.54 bits per heavy atom. The van der Waals surface area contributed by atoms with Gasteiger partial charge in [0.15, 0.2) is 0 Å². The van der Waals surface area contributed by atoms with E-state index >= 15 is 0 Å². The van der Waals surface area contributed by atoms with E-state index in [2.05, 4.69) is 18.8 Å². The largest absolute Gasteiger partial charge is 0.324 e. The molecule has 1 heterocycles. The highest BCUT2D eigenvalue weighted by molar-refractivity contribution is 6.30. The minimum atomic E-state index is 0.00111. The van der Waals surface area contributed by atoms with Crippen molar-refractivity contribution in [2.24, 2.45) is 11.7 Å². The maximum Gasteiger partial charge on any atom is 0.133 e. The third-order valence-electron chi connectivity index (χ3n) is 1.91. The molecule has 13 heavy (non-hydrogen) atoms. The Morgan fingerprint density at radius 2 is 2.23 bits per heavy atom. The van der Waals surface area contributed by atoms with Crippen molar-refractivity contribution in [1.82, 2.24) is 4.98 Å². The second-order valence-electron chi connectivity index (χ2n) is 3.62. The Balaban J connectivity index is 2.76. The number of aromatic nitrogens is 1. The fourth-order valence-electron chi connectivity index (χ4n) is 1.31. The molecule has 1 atom stereocenters. The molecule has 1 aromatic heterocycles. The van der Waals surface area contributed by atoms with E-state index in [1.54, 1.807) is 6.20 Å². The van der Waals surface area contributed by atoms with E-state index in [4.69, 9.17) is 17.3 Å². The Morgan fingerprint density at radius 3 is 2.77 bits per heavy atom. The first-order valence-corrected chi connectivity index (χ1v) is 4.85. The molecule has 0 fully saturated rings. The van der Waals surface area contributed by atoms with Gasteiger partial charge in [0.05, 0.1) is 0 Å². The number of pyridine rings is 1. The first-order valence-electron chi connectivity index (χ1n) is 4.47. The second-order valence-corrected chi connectivity index (χ2v) is 3.98. The fourth-order valence-corrected chi connectivity index (χ4v) is 1.57. The fraction of sp³-hybridized carbons (Fsp3) is 0.500. The summed E-state index contributed by atoms with van der Waals surface area (Å²) in [4.78, 5) is 3.99. The molecule has 0 bridgehead atoms. The third kappa shape index (κ3) is 2.98. The summed E-state index contributed by atoms with van der Waals surface area (Å²) in [5.41, 5.74) is 6.91. The second kappa shape index (κ2) is 4.58. The van der Waals surface area contributed by atoms with Crippen LogP contribution in [0.5, 0.6) is 0 Å². The average molecular weight is 199 g/mol. The van der Waals surface area contributed by atoms with Crippen molar-refractivity contribution in [3.63, 3.8) is 0 Å². The van der Waals surface area contributed by atoms with E-state index < -0.39 is 0 Å². The molecule has 0 aromatic carbocycles. The van der Waals surface area contributed by atoms with Crippen LogP contribution in [0.1, 0.15) is 31.9 Å². The molecule has 0 aliphatic carbocycles. The number of nitrogens with two attached hydrogens (primary N) is 1. The lowest BCUT2D eigenvalue weighted by atomic mass is 9.99. The van der Waals surface area contributed by atoms with Gasteiger partial charge >= 0.3 is 0 Å². The number of hydrogen-bond donors (Lipinski definition) is 1. The van der Waals surface area contributed by atoms with E-state index in [0.717, 1.165) is 12.0 Å². The van der Waals surface area contributed by atoms with E-state index in [0.29, 0.717) is 11.1 Å². The molecule has 0 aliphatic rings. The predicted octanol–water partition coefficient (Wildman–Crippen LogP) is 2.78. The first-order chi connectivity index (χ1) is 6.11. The van der Waals surface area contributed by atoms with Crippen molar-refractivity contribution in [1.29, 1.82) is 0 Å². The van der Waals surface area contributed by atoms with Gasteiger partial charge in [0, 0.05) is 17.8 Å². The molecule has 0 saturated heterocycles. The maximum absolute atomic E-state index is 5.97. The summed E-state index contributed by atoms with van der Waals surface area (Å²) < 4.78 is 0. The van der Waals surface area contributed by atoms with Crippen molar-refractivity contribution >= 4 is 11.6 Å². The van der Waals surface area contributed by atoms with E-state index in [-0.39, 0.29) is 6.04 Å². The van der Waals surface area contributed by atoms with Gasteiger partial charge in [-0.3, -0.25) is 0 Å². The monoisotopic (exact) mass is 198 g/mol. The van der Waals surface area contributed by atoms with Gasteiger partial charge in [0.1, 0.15) is 5.15 Å². The molecule has 0 radical (unpaired) electrons. The molecule has 2 nitrogen and oxygen atoms in total. The normalized spacial score (nSPS) is 13.3. The standard InChI is InChI=1S/C10H15ClN2/c1-7(2)6-9(12)8-4-3-5-13-10(8)11/h3-5,7,9H,6,12H2,1-2H3/t9-/m1/s1. The van der Waals surface area contributed by atoms with E-state index in [1.807, 2.05) is 12.1 Å². The molecule has 0 unspecified atom stereocenters. The van der Waals surface area contributed by atoms with Gasteiger partial charge in [-0.15, -0.1) is 0 Å². The summed E-state index contributed by atoms with van der Waals surface area (Å²) >= 11 is 5.91. The SMILES string of the molecule is CC(C)C[C@@H](N)c1cccnc1Cl. The highest BCUT2D eigenvalue weighted by Crippen LogP contribution is 2.23. The molecule has 0 spiro atoms. The van der Waals surface area contributed by atoms with E-state index in [1.165, 1.54) is 0 Å². The Bertz CT molecular complexity index is 273. The van der Waals surface area contributed by atoms with Crippen LogP contribution in [0.3, 0.4) is 0 Å². The van der Waals surface area contributed by atoms with Gasteiger partial charge in [-0.05, 0) is 18.4 Å². The van der Waals surface area contributed by atoms with Crippen LogP contribution in [-0.2, 0) is 0 Å². The molecule has 0 amide bonds. The topological polar surface area (TPSA) is 38.9 Å². The van der Waals surface area contributed by atoms with Crippen LogP contribution in [0.15, 0.2) is 18.3 Å². The van der Waals surface area contributed by atoms with Gasteiger partial charge in [0.2, 0.25) is 0 Å².